The number of nitrogens with zero attached hydrogens (tertiary/aromatic N) is 3. The summed E-state index contributed by atoms with van der Waals surface area (Å²) in [6.07, 6.45) is 3.73. The number of nitrogens with one attached hydrogen (secondary N) is 1. The van der Waals surface area contributed by atoms with Gasteiger partial charge in [0, 0.05) is 24.1 Å². The molecule has 2 atom stereocenters. The number of piperidine rings is 1. The zero-order chi connectivity index (χ0) is 14.0. The Labute approximate surface area is 115 Å². The highest BCUT2D eigenvalue weighted by molar-refractivity contribution is 5.44. The Hall–Kier alpha value is -1.36. The molecule has 106 valence electrons. The Morgan fingerprint density at radius 1 is 1.26 bits per heavy atom. The third-order valence-electron chi connectivity index (χ3n) is 3.72. The Balaban J connectivity index is 2.17. The van der Waals surface area contributed by atoms with Gasteiger partial charge in [0.15, 0.2) is 0 Å². The molecule has 2 heterocycles. The molecule has 1 aliphatic heterocycles. The number of hydrogen-bond donors (Lipinski definition) is 2. The normalized spacial score (nSPS) is 24.7. The number of nitrogen functional groups attached to an aromatic ring is 1. The van der Waals surface area contributed by atoms with Gasteiger partial charge in [0.25, 0.3) is 0 Å². The summed E-state index contributed by atoms with van der Waals surface area (Å²) >= 11 is 0. The maximum Gasteiger partial charge on any atom is 0.146 e. The van der Waals surface area contributed by atoms with Gasteiger partial charge in [0.2, 0.25) is 0 Å². The van der Waals surface area contributed by atoms with Crippen LogP contribution in [-0.2, 0) is 0 Å². The predicted octanol–water partition coefficient (Wildman–Crippen LogP) is 2.77. The Bertz CT molecular complexity index is 422. The monoisotopic (exact) mass is 263 g/mol. The molecule has 1 aromatic rings. The van der Waals surface area contributed by atoms with Gasteiger partial charge in [-0.25, -0.2) is 15.0 Å². The standard InChI is InChI=1S/C14H25N5/c1-9(2)14-16-12(15)8-13(17-14)18-19-10(3)6-5-7-11(19)4/h8-11H,5-7H2,1-4H3,(H3,15,16,17,18). The fourth-order valence-corrected chi connectivity index (χ4v) is 2.57. The Morgan fingerprint density at radius 3 is 2.47 bits per heavy atom. The molecule has 19 heavy (non-hydrogen) atoms. The zero-order valence-corrected chi connectivity index (χ0v) is 12.3. The van der Waals surface area contributed by atoms with Crippen LogP contribution in [0.25, 0.3) is 0 Å². The number of anilines is 2. The SMILES string of the molecule is CC(C)c1nc(N)cc(NN2C(C)CCCC2C)n1. The summed E-state index contributed by atoms with van der Waals surface area (Å²) in [7, 11) is 0. The van der Waals surface area contributed by atoms with Crippen LogP contribution >= 0.6 is 0 Å². The fraction of sp³-hybridized carbons (Fsp3) is 0.714. The van der Waals surface area contributed by atoms with E-state index in [1.807, 2.05) is 0 Å². The molecule has 0 aliphatic carbocycles. The van der Waals surface area contributed by atoms with Gasteiger partial charge >= 0.3 is 0 Å². The van der Waals surface area contributed by atoms with Crippen LogP contribution in [-0.4, -0.2) is 27.1 Å². The summed E-state index contributed by atoms with van der Waals surface area (Å²) in [5.41, 5.74) is 9.28. The van der Waals surface area contributed by atoms with Crippen LogP contribution in [0.1, 0.15) is 58.7 Å². The minimum atomic E-state index is 0.278. The predicted molar refractivity (Wildman–Crippen MR) is 78.8 cm³/mol. The van der Waals surface area contributed by atoms with Gasteiger partial charge < -0.3 is 11.2 Å². The van der Waals surface area contributed by atoms with E-state index >= 15 is 0 Å². The number of aromatic nitrogens is 2. The van der Waals surface area contributed by atoms with E-state index in [1.54, 1.807) is 6.07 Å². The highest BCUT2D eigenvalue weighted by Crippen LogP contribution is 2.24. The third-order valence-corrected chi connectivity index (χ3v) is 3.72. The molecule has 1 aliphatic rings. The number of rotatable bonds is 3. The van der Waals surface area contributed by atoms with Gasteiger partial charge in [0.05, 0.1) is 0 Å². The van der Waals surface area contributed by atoms with Crippen molar-refractivity contribution in [1.29, 1.82) is 0 Å². The van der Waals surface area contributed by atoms with Gasteiger partial charge in [-0.2, -0.15) is 0 Å². The largest absolute Gasteiger partial charge is 0.384 e. The topological polar surface area (TPSA) is 67.1 Å². The average molecular weight is 263 g/mol. The molecule has 1 fully saturated rings. The molecule has 0 saturated carbocycles. The van der Waals surface area contributed by atoms with Crippen LogP contribution in [0, 0.1) is 0 Å². The van der Waals surface area contributed by atoms with Crippen LogP contribution in [0.3, 0.4) is 0 Å². The maximum atomic E-state index is 5.86. The Morgan fingerprint density at radius 2 is 1.89 bits per heavy atom. The van der Waals surface area contributed by atoms with Crippen molar-refractivity contribution in [1.82, 2.24) is 15.0 Å². The van der Waals surface area contributed by atoms with Crippen LogP contribution in [0.15, 0.2) is 6.07 Å². The maximum absolute atomic E-state index is 5.86. The summed E-state index contributed by atoms with van der Waals surface area (Å²) in [6.45, 7) is 8.64. The lowest BCUT2D eigenvalue weighted by atomic mass is 10.00. The Kier molecular flexibility index (Phi) is 4.24. The second-order valence-electron chi connectivity index (χ2n) is 5.84. The second-order valence-corrected chi connectivity index (χ2v) is 5.84. The zero-order valence-electron chi connectivity index (χ0n) is 12.3. The van der Waals surface area contributed by atoms with E-state index in [2.05, 4.69) is 48.1 Å². The summed E-state index contributed by atoms with van der Waals surface area (Å²) in [5, 5.41) is 2.29. The number of nitrogens with two attached hydrogens (primary N) is 1. The van der Waals surface area contributed by atoms with E-state index in [1.165, 1.54) is 19.3 Å². The van der Waals surface area contributed by atoms with Crippen LogP contribution < -0.4 is 11.2 Å². The van der Waals surface area contributed by atoms with Gasteiger partial charge in [-0.1, -0.05) is 20.3 Å². The lowest BCUT2D eigenvalue weighted by Gasteiger charge is -2.39. The van der Waals surface area contributed by atoms with E-state index in [4.69, 9.17) is 5.73 Å². The van der Waals surface area contributed by atoms with Crippen molar-refractivity contribution in [2.24, 2.45) is 0 Å². The lowest BCUT2D eigenvalue weighted by molar-refractivity contribution is 0.135. The number of hydrogen-bond acceptors (Lipinski definition) is 5. The van der Waals surface area contributed by atoms with Crippen molar-refractivity contribution in [3.8, 4) is 0 Å². The molecule has 0 amide bonds. The molecule has 3 N–H and O–H groups in total. The molecule has 2 rings (SSSR count). The first kappa shape index (κ1) is 14.1. The van der Waals surface area contributed by atoms with Crippen molar-refractivity contribution in [3.05, 3.63) is 11.9 Å². The van der Waals surface area contributed by atoms with Crippen molar-refractivity contribution in [3.63, 3.8) is 0 Å². The van der Waals surface area contributed by atoms with Crippen molar-refractivity contribution in [2.75, 3.05) is 11.2 Å². The van der Waals surface area contributed by atoms with Gasteiger partial charge in [-0.05, 0) is 26.7 Å². The van der Waals surface area contributed by atoms with E-state index in [0.29, 0.717) is 17.9 Å². The highest BCUT2D eigenvalue weighted by atomic mass is 15.5. The molecule has 1 aromatic heterocycles. The van der Waals surface area contributed by atoms with Gasteiger partial charge in [-0.3, -0.25) is 0 Å². The van der Waals surface area contributed by atoms with E-state index in [0.717, 1.165) is 11.6 Å². The van der Waals surface area contributed by atoms with Crippen molar-refractivity contribution >= 4 is 11.6 Å². The molecule has 0 bridgehead atoms. The summed E-state index contributed by atoms with van der Waals surface area (Å²) < 4.78 is 0. The first-order valence-electron chi connectivity index (χ1n) is 7.17. The molecule has 0 aromatic carbocycles. The lowest BCUT2D eigenvalue weighted by Crippen LogP contribution is -2.47. The quantitative estimate of drug-likeness (QED) is 0.877. The minimum absolute atomic E-state index is 0.278. The van der Waals surface area contributed by atoms with Crippen LogP contribution in [0.2, 0.25) is 0 Å². The molecule has 5 nitrogen and oxygen atoms in total. The third kappa shape index (κ3) is 3.35. The fourth-order valence-electron chi connectivity index (χ4n) is 2.57. The molecule has 1 saturated heterocycles. The van der Waals surface area contributed by atoms with E-state index in [-0.39, 0.29) is 5.92 Å². The smallest absolute Gasteiger partial charge is 0.146 e. The first-order valence-corrected chi connectivity index (χ1v) is 7.17. The van der Waals surface area contributed by atoms with Crippen molar-refractivity contribution < 1.29 is 0 Å². The van der Waals surface area contributed by atoms with E-state index < -0.39 is 0 Å². The van der Waals surface area contributed by atoms with Gasteiger partial charge in [0.1, 0.15) is 17.5 Å². The average Bonchev–Trinajstić information content (AvgIpc) is 2.33. The molecule has 2 unspecified atom stereocenters. The first-order chi connectivity index (χ1) is 8.97. The molecule has 0 radical (unpaired) electrons. The van der Waals surface area contributed by atoms with Crippen molar-refractivity contribution in [2.45, 2.75) is 65.0 Å². The van der Waals surface area contributed by atoms with Crippen LogP contribution in [0.5, 0.6) is 0 Å². The van der Waals surface area contributed by atoms with Gasteiger partial charge in [-0.15, -0.1) is 0 Å². The van der Waals surface area contributed by atoms with Crippen LogP contribution in [0.4, 0.5) is 11.6 Å². The number of hydrazine groups is 1. The highest BCUT2D eigenvalue weighted by Gasteiger charge is 2.25. The summed E-state index contributed by atoms with van der Waals surface area (Å²) in [5.74, 6) is 2.40. The van der Waals surface area contributed by atoms with E-state index in [9.17, 15) is 0 Å². The second kappa shape index (κ2) is 5.74. The molecular weight excluding hydrogens is 238 g/mol. The molecular formula is C14H25N5. The molecule has 5 heteroatoms. The summed E-state index contributed by atoms with van der Waals surface area (Å²) in [6, 6.07) is 2.84. The molecule has 0 spiro atoms. The minimum Gasteiger partial charge on any atom is -0.384 e. The summed E-state index contributed by atoms with van der Waals surface area (Å²) in [4.78, 5) is 8.82.